The number of ether oxygens (including phenoxy) is 2. The molecule has 1 fully saturated rings. The van der Waals surface area contributed by atoms with Gasteiger partial charge < -0.3 is 9.47 Å². The third-order valence-electron chi connectivity index (χ3n) is 2.93. The molecule has 0 amide bonds. The van der Waals surface area contributed by atoms with Gasteiger partial charge in [-0.25, -0.2) is 0 Å². The molecule has 0 radical (unpaired) electrons. The SMILES string of the molecule is CC(COS(C)(=O)=O)c1ccc(C2OCCO2)cc1. The molecule has 0 N–H and O–H groups in total. The molecule has 0 bridgehead atoms. The average molecular weight is 286 g/mol. The van der Waals surface area contributed by atoms with Gasteiger partial charge in [-0.05, 0) is 5.56 Å². The lowest BCUT2D eigenvalue weighted by Crippen LogP contribution is -2.10. The van der Waals surface area contributed by atoms with E-state index in [1.54, 1.807) is 0 Å². The van der Waals surface area contributed by atoms with E-state index in [4.69, 9.17) is 13.7 Å². The van der Waals surface area contributed by atoms with Crippen LogP contribution in [0, 0.1) is 0 Å². The number of rotatable bonds is 5. The first-order valence-electron chi connectivity index (χ1n) is 6.13. The van der Waals surface area contributed by atoms with Crippen LogP contribution in [0.3, 0.4) is 0 Å². The van der Waals surface area contributed by atoms with E-state index in [-0.39, 0.29) is 18.8 Å². The van der Waals surface area contributed by atoms with E-state index < -0.39 is 10.1 Å². The van der Waals surface area contributed by atoms with Gasteiger partial charge in [0.15, 0.2) is 6.29 Å². The minimum absolute atomic E-state index is 0.00851. The molecule has 6 heteroatoms. The van der Waals surface area contributed by atoms with Crippen molar-refractivity contribution in [3.05, 3.63) is 35.4 Å². The van der Waals surface area contributed by atoms with Crippen molar-refractivity contribution in [2.75, 3.05) is 26.1 Å². The van der Waals surface area contributed by atoms with Crippen LogP contribution in [0.2, 0.25) is 0 Å². The molecule has 1 heterocycles. The molecule has 0 aromatic heterocycles. The molecule has 1 aliphatic rings. The second kappa shape index (κ2) is 6.00. The Labute approximate surface area is 113 Å². The van der Waals surface area contributed by atoms with Crippen molar-refractivity contribution in [2.24, 2.45) is 0 Å². The molecule has 1 atom stereocenters. The molecule has 0 spiro atoms. The Kier molecular flexibility index (Phi) is 4.57. The van der Waals surface area contributed by atoms with Crippen LogP contribution in [-0.4, -0.2) is 34.5 Å². The van der Waals surface area contributed by atoms with Crippen LogP contribution in [-0.2, 0) is 23.8 Å². The van der Waals surface area contributed by atoms with Gasteiger partial charge in [0.25, 0.3) is 10.1 Å². The summed E-state index contributed by atoms with van der Waals surface area (Å²) >= 11 is 0. The second-order valence-corrected chi connectivity index (χ2v) is 6.27. The summed E-state index contributed by atoms with van der Waals surface area (Å²) in [7, 11) is -3.39. The second-order valence-electron chi connectivity index (χ2n) is 4.63. The normalized spacial score (nSPS) is 18.6. The van der Waals surface area contributed by atoms with Gasteiger partial charge in [0.2, 0.25) is 0 Å². The molecular formula is C13H18O5S. The Balaban J connectivity index is 1.97. The maximum atomic E-state index is 10.9. The van der Waals surface area contributed by atoms with Gasteiger partial charge in [-0.2, -0.15) is 8.42 Å². The number of hydrogen-bond acceptors (Lipinski definition) is 5. The van der Waals surface area contributed by atoms with Crippen molar-refractivity contribution in [1.82, 2.24) is 0 Å². The van der Waals surface area contributed by atoms with Gasteiger partial charge in [-0.1, -0.05) is 31.2 Å². The molecule has 1 aromatic carbocycles. The van der Waals surface area contributed by atoms with Crippen molar-refractivity contribution >= 4 is 10.1 Å². The van der Waals surface area contributed by atoms with Crippen molar-refractivity contribution < 1.29 is 22.1 Å². The highest BCUT2D eigenvalue weighted by Gasteiger charge is 2.18. The Bertz CT molecular complexity index is 502. The lowest BCUT2D eigenvalue weighted by atomic mass is 10.0. The third kappa shape index (κ3) is 4.28. The first-order chi connectivity index (χ1) is 8.96. The fourth-order valence-electron chi connectivity index (χ4n) is 1.85. The van der Waals surface area contributed by atoms with Crippen LogP contribution in [0.5, 0.6) is 0 Å². The predicted octanol–water partition coefficient (Wildman–Crippen LogP) is 1.81. The molecule has 106 valence electrons. The van der Waals surface area contributed by atoms with E-state index in [1.165, 1.54) is 0 Å². The van der Waals surface area contributed by atoms with Crippen molar-refractivity contribution in [3.63, 3.8) is 0 Å². The summed E-state index contributed by atoms with van der Waals surface area (Å²) in [6.45, 7) is 3.30. The highest BCUT2D eigenvalue weighted by atomic mass is 32.2. The number of hydrogen-bond donors (Lipinski definition) is 0. The summed E-state index contributed by atoms with van der Waals surface area (Å²) in [4.78, 5) is 0. The zero-order valence-electron chi connectivity index (χ0n) is 11.0. The fourth-order valence-corrected chi connectivity index (χ4v) is 2.31. The van der Waals surface area contributed by atoms with Crippen LogP contribution in [0.1, 0.15) is 30.3 Å². The summed E-state index contributed by atoms with van der Waals surface area (Å²) in [5.74, 6) is 0.00851. The van der Waals surface area contributed by atoms with Gasteiger partial charge in [0.05, 0.1) is 26.1 Å². The van der Waals surface area contributed by atoms with E-state index in [0.29, 0.717) is 13.2 Å². The molecule has 2 rings (SSSR count). The topological polar surface area (TPSA) is 61.8 Å². The molecular weight excluding hydrogens is 268 g/mol. The van der Waals surface area contributed by atoms with E-state index >= 15 is 0 Å². The summed E-state index contributed by atoms with van der Waals surface area (Å²) in [6, 6.07) is 7.75. The van der Waals surface area contributed by atoms with Gasteiger partial charge in [-0.3, -0.25) is 4.18 Å². The van der Waals surface area contributed by atoms with Gasteiger partial charge >= 0.3 is 0 Å². The molecule has 0 aliphatic carbocycles. The van der Waals surface area contributed by atoms with Crippen LogP contribution in [0.15, 0.2) is 24.3 Å². The molecule has 19 heavy (non-hydrogen) atoms. The minimum atomic E-state index is -3.39. The first-order valence-corrected chi connectivity index (χ1v) is 7.95. The quantitative estimate of drug-likeness (QED) is 0.773. The molecule has 1 aliphatic heterocycles. The fraction of sp³-hybridized carbons (Fsp3) is 0.538. The summed E-state index contributed by atoms with van der Waals surface area (Å²) in [5, 5.41) is 0. The third-order valence-corrected chi connectivity index (χ3v) is 3.50. The van der Waals surface area contributed by atoms with Crippen LogP contribution < -0.4 is 0 Å². The summed E-state index contributed by atoms with van der Waals surface area (Å²) < 4.78 is 37.5. The summed E-state index contributed by atoms with van der Waals surface area (Å²) in [5.41, 5.74) is 1.99. The van der Waals surface area contributed by atoms with Crippen LogP contribution in [0.25, 0.3) is 0 Å². The molecule has 1 aromatic rings. The predicted molar refractivity (Wildman–Crippen MR) is 70.3 cm³/mol. The van der Waals surface area contributed by atoms with Gasteiger partial charge in [-0.15, -0.1) is 0 Å². The first kappa shape index (κ1) is 14.5. The smallest absolute Gasteiger partial charge is 0.264 e. The molecule has 1 unspecified atom stereocenters. The molecule has 0 saturated carbocycles. The van der Waals surface area contributed by atoms with E-state index in [2.05, 4.69) is 0 Å². The Morgan fingerprint density at radius 3 is 2.37 bits per heavy atom. The average Bonchev–Trinajstić information content (AvgIpc) is 2.89. The van der Waals surface area contributed by atoms with Gasteiger partial charge in [0.1, 0.15) is 0 Å². The molecule has 1 saturated heterocycles. The molecule has 5 nitrogen and oxygen atoms in total. The zero-order valence-corrected chi connectivity index (χ0v) is 11.9. The monoisotopic (exact) mass is 286 g/mol. The van der Waals surface area contributed by atoms with Crippen LogP contribution >= 0.6 is 0 Å². The maximum Gasteiger partial charge on any atom is 0.264 e. The zero-order chi connectivity index (χ0) is 13.9. The van der Waals surface area contributed by atoms with Crippen molar-refractivity contribution in [2.45, 2.75) is 19.1 Å². The van der Waals surface area contributed by atoms with Crippen molar-refractivity contribution in [3.8, 4) is 0 Å². The van der Waals surface area contributed by atoms with Crippen LogP contribution in [0.4, 0.5) is 0 Å². The van der Waals surface area contributed by atoms with E-state index in [9.17, 15) is 8.42 Å². The Morgan fingerprint density at radius 2 is 1.84 bits per heavy atom. The highest BCUT2D eigenvalue weighted by Crippen LogP contribution is 2.25. The minimum Gasteiger partial charge on any atom is -0.346 e. The standard InChI is InChI=1S/C13H18O5S/c1-10(9-18-19(2,14)15)11-3-5-12(6-4-11)13-16-7-8-17-13/h3-6,10,13H,7-9H2,1-2H3. The number of benzene rings is 1. The highest BCUT2D eigenvalue weighted by molar-refractivity contribution is 7.85. The largest absolute Gasteiger partial charge is 0.346 e. The lowest BCUT2D eigenvalue weighted by molar-refractivity contribution is -0.0441. The Morgan fingerprint density at radius 1 is 1.26 bits per heavy atom. The van der Waals surface area contributed by atoms with Crippen molar-refractivity contribution in [1.29, 1.82) is 0 Å². The lowest BCUT2D eigenvalue weighted by Gasteiger charge is -2.13. The maximum absolute atomic E-state index is 10.9. The summed E-state index contributed by atoms with van der Waals surface area (Å²) in [6.07, 6.45) is 0.772. The Hall–Kier alpha value is -0.950. The van der Waals surface area contributed by atoms with E-state index in [0.717, 1.165) is 17.4 Å². The van der Waals surface area contributed by atoms with E-state index in [1.807, 2.05) is 31.2 Å². The van der Waals surface area contributed by atoms with Gasteiger partial charge in [0, 0.05) is 11.5 Å².